The third-order valence-corrected chi connectivity index (χ3v) is 3.09. The van der Waals surface area contributed by atoms with Gasteiger partial charge in [-0.05, 0) is 30.7 Å². The van der Waals surface area contributed by atoms with E-state index in [0.717, 1.165) is 0 Å². The second-order valence-corrected chi connectivity index (χ2v) is 4.91. The fraction of sp³-hybridized carbons (Fsp3) is 0.375. The molecule has 0 heterocycles. The number of carboxylic acids is 1. The second kappa shape index (κ2) is 8.67. The molecule has 124 valence electrons. The molecule has 1 atom stereocenters. The number of rotatable bonds is 8. The molecule has 0 aliphatic heterocycles. The first-order chi connectivity index (χ1) is 10.8. The van der Waals surface area contributed by atoms with E-state index in [-0.39, 0.29) is 29.9 Å². The summed E-state index contributed by atoms with van der Waals surface area (Å²) >= 11 is 0. The summed E-state index contributed by atoms with van der Waals surface area (Å²) in [6, 6.07) is 4.58. The predicted octanol–water partition coefficient (Wildman–Crippen LogP) is 1.55. The molecule has 0 saturated heterocycles. The highest BCUT2D eigenvalue weighted by molar-refractivity contribution is 5.96. The molecule has 0 aliphatic rings. The lowest BCUT2D eigenvalue weighted by atomic mass is 10.1. The van der Waals surface area contributed by atoms with Gasteiger partial charge >= 0.3 is 11.9 Å². The molecule has 0 fully saturated rings. The lowest BCUT2D eigenvalue weighted by Crippen LogP contribution is -2.41. The van der Waals surface area contributed by atoms with Gasteiger partial charge in [0, 0.05) is 25.3 Å². The third-order valence-electron chi connectivity index (χ3n) is 3.09. The molecule has 0 aromatic heterocycles. The molecule has 1 aromatic carbocycles. The number of esters is 1. The average Bonchev–Trinajstić information content (AvgIpc) is 2.50. The van der Waals surface area contributed by atoms with Crippen molar-refractivity contribution < 1.29 is 29.0 Å². The SMILES string of the molecule is CCC(=O)CC[C@@H](NC(=O)c1ccc(OC(C)=O)cc1)C(=O)O. The van der Waals surface area contributed by atoms with Crippen LogP contribution in [0.3, 0.4) is 0 Å². The molecule has 23 heavy (non-hydrogen) atoms. The van der Waals surface area contributed by atoms with Crippen LogP contribution in [-0.4, -0.2) is 34.8 Å². The van der Waals surface area contributed by atoms with Crippen LogP contribution in [0.1, 0.15) is 43.5 Å². The van der Waals surface area contributed by atoms with Crippen molar-refractivity contribution >= 4 is 23.6 Å². The van der Waals surface area contributed by atoms with Crippen molar-refractivity contribution in [2.24, 2.45) is 0 Å². The number of amides is 1. The summed E-state index contributed by atoms with van der Waals surface area (Å²) in [5.74, 6) is -2.02. The molecule has 1 amide bonds. The van der Waals surface area contributed by atoms with Gasteiger partial charge in [0.05, 0.1) is 0 Å². The summed E-state index contributed by atoms with van der Waals surface area (Å²) in [6.07, 6.45) is 0.469. The highest BCUT2D eigenvalue weighted by Gasteiger charge is 2.21. The number of carbonyl (C=O) groups is 4. The molecular formula is C16H19NO6. The predicted molar refractivity (Wildman–Crippen MR) is 81.2 cm³/mol. The van der Waals surface area contributed by atoms with Gasteiger partial charge in [-0.3, -0.25) is 14.4 Å². The van der Waals surface area contributed by atoms with Crippen molar-refractivity contribution in [2.75, 3.05) is 0 Å². The largest absolute Gasteiger partial charge is 0.480 e. The molecule has 0 aliphatic carbocycles. The Morgan fingerprint density at radius 1 is 1.17 bits per heavy atom. The number of nitrogens with one attached hydrogen (secondary N) is 1. The van der Waals surface area contributed by atoms with Gasteiger partial charge in [-0.25, -0.2) is 4.79 Å². The normalized spacial score (nSPS) is 11.4. The summed E-state index contributed by atoms with van der Waals surface area (Å²) < 4.78 is 4.84. The highest BCUT2D eigenvalue weighted by atomic mass is 16.5. The standard InChI is InChI=1S/C16H19NO6/c1-3-12(19)6-9-14(16(21)22)17-15(20)11-4-7-13(8-5-11)23-10(2)18/h4-5,7-8,14H,3,6,9H2,1-2H3,(H,17,20)(H,21,22)/t14-/m1/s1. The summed E-state index contributed by atoms with van der Waals surface area (Å²) in [4.78, 5) is 45.3. The Labute approximate surface area is 133 Å². The molecular weight excluding hydrogens is 302 g/mol. The molecule has 7 nitrogen and oxygen atoms in total. The van der Waals surface area contributed by atoms with Gasteiger partial charge < -0.3 is 15.2 Å². The minimum absolute atomic E-state index is 0.0410. The lowest BCUT2D eigenvalue weighted by molar-refractivity contribution is -0.139. The van der Waals surface area contributed by atoms with Crippen LogP contribution in [0.5, 0.6) is 5.75 Å². The first-order valence-corrected chi connectivity index (χ1v) is 7.17. The van der Waals surface area contributed by atoms with Crippen molar-refractivity contribution in [2.45, 2.75) is 39.2 Å². The smallest absolute Gasteiger partial charge is 0.326 e. The van der Waals surface area contributed by atoms with Gasteiger partial charge in [-0.2, -0.15) is 0 Å². The maximum atomic E-state index is 12.0. The van der Waals surface area contributed by atoms with E-state index in [1.807, 2.05) is 0 Å². The minimum Gasteiger partial charge on any atom is -0.480 e. The molecule has 0 spiro atoms. The highest BCUT2D eigenvalue weighted by Crippen LogP contribution is 2.13. The van der Waals surface area contributed by atoms with E-state index >= 15 is 0 Å². The lowest BCUT2D eigenvalue weighted by Gasteiger charge is -2.14. The zero-order valence-corrected chi connectivity index (χ0v) is 13.0. The van der Waals surface area contributed by atoms with Crippen molar-refractivity contribution in [1.29, 1.82) is 0 Å². The Morgan fingerprint density at radius 2 is 1.78 bits per heavy atom. The summed E-state index contributed by atoms with van der Waals surface area (Å²) in [7, 11) is 0. The zero-order chi connectivity index (χ0) is 17.4. The van der Waals surface area contributed by atoms with Crippen molar-refractivity contribution in [3.05, 3.63) is 29.8 Å². The van der Waals surface area contributed by atoms with Gasteiger partial charge in [0.1, 0.15) is 17.6 Å². The topological polar surface area (TPSA) is 110 Å². The van der Waals surface area contributed by atoms with Crippen molar-refractivity contribution in [3.8, 4) is 5.75 Å². The molecule has 2 N–H and O–H groups in total. The van der Waals surface area contributed by atoms with E-state index in [1.165, 1.54) is 31.2 Å². The molecule has 1 aromatic rings. The van der Waals surface area contributed by atoms with Crippen LogP contribution in [0, 0.1) is 0 Å². The Hall–Kier alpha value is -2.70. The summed E-state index contributed by atoms with van der Waals surface area (Å²) in [6.45, 7) is 2.96. The van der Waals surface area contributed by atoms with Crippen molar-refractivity contribution in [3.63, 3.8) is 0 Å². The number of carboxylic acid groups (broad SMARTS) is 1. The van der Waals surface area contributed by atoms with Crippen molar-refractivity contribution in [1.82, 2.24) is 5.32 Å². The van der Waals surface area contributed by atoms with Gasteiger partial charge in [-0.15, -0.1) is 0 Å². The average molecular weight is 321 g/mol. The summed E-state index contributed by atoms with van der Waals surface area (Å²) in [5, 5.41) is 11.5. The maximum Gasteiger partial charge on any atom is 0.326 e. The second-order valence-electron chi connectivity index (χ2n) is 4.91. The number of ketones is 1. The van der Waals surface area contributed by atoms with Crippen LogP contribution < -0.4 is 10.1 Å². The maximum absolute atomic E-state index is 12.0. The molecule has 0 saturated carbocycles. The monoisotopic (exact) mass is 321 g/mol. The minimum atomic E-state index is -1.20. The van der Waals surface area contributed by atoms with E-state index in [2.05, 4.69) is 5.32 Å². The Kier molecular flexibility index (Phi) is 6.92. The number of Topliss-reactive ketones (excluding diaryl/α,β-unsaturated/α-hetero) is 1. The molecule has 7 heteroatoms. The zero-order valence-electron chi connectivity index (χ0n) is 13.0. The quantitative estimate of drug-likeness (QED) is 0.555. The van der Waals surface area contributed by atoms with Crippen LogP contribution in [0.25, 0.3) is 0 Å². The Morgan fingerprint density at radius 3 is 2.26 bits per heavy atom. The molecule has 0 radical (unpaired) electrons. The van der Waals surface area contributed by atoms with E-state index < -0.39 is 23.9 Å². The van der Waals surface area contributed by atoms with E-state index in [4.69, 9.17) is 9.84 Å². The number of benzene rings is 1. The van der Waals surface area contributed by atoms with E-state index in [0.29, 0.717) is 6.42 Å². The third kappa shape index (κ3) is 6.29. The van der Waals surface area contributed by atoms with Gasteiger partial charge in [0.25, 0.3) is 5.91 Å². The molecule has 1 rings (SSSR count). The van der Waals surface area contributed by atoms with Gasteiger partial charge in [0.15, 0.2) is 0 Å². The Bertz CT molecular complexity index is 593. The number of ether oxygens (including phenoxy) is 1. The fourth-order valence-corrected chi connectivity index (χ4v) is 1.82. The van der Waals surface area contributed by atoms with Crippen LogP contribution in [-0.2, 0) is 14.4 Å². The molecule has 0 unspecified atom stereocenters. The van der Waals surface area contributed by atoms with E-state index in [9.17, 15) is 19.2 Å². The summed E-state index contributed by atoms with van der Waals surface area (Å²) in [5.41, 5.74) is 0.231. The number of carbonyl (C=O) groups excluding carboxylic acids is 3. The number of aliphatic carboxylic acids is 1. The molecule has 0 bridgehead atoms. The Balaban J connectivity index is 2.69. The van der Waals surface area contributed by atoms with Crippen LogP contribution in [0.4, 0.5) is 0 Å². The fourth-order valence-electron chi connectivity index (χ4n) is 1.82. The number of hydrogen-bond donors (Lipinski definition) is 2. The van der Waals surface area contributed by atoms with Crippen LogP contribution in [0.2, 0.25) is 0 Å². The van der Waals surface area contributed by atoms with Gasteiger partial charge in [-0.1, -0.05) is 6.92 Å². The first-order valence-electron chi connectivity index (χ1n) is 7.17. The van der Waals surface area contributed by atoms with E-state index in [1.54, 1.807) is 6.92 Å². The number of hydrogen-bond acceptors (Lipinski definition) is 5. The van der Waals surface area contributed by atoms with Crippen LogP contribution in [0.15, 0.2) is 24.3 Å². The van der Waals surface area contributed by atoms with Crippen LogP contribution >= 0.6 is 0 Å². The first kappa shape index (κ1) is 18.3. The van der Waals surface area contributed by atoms with Gasteiger partial charge in [0.2, 0.25) is 0 Å².